The highest BCUT2D eigenvalue weighted by Crippen LogP contribution is 2.32. The summed E-state index contributed by atoms with van der Waals surface area (Å²) in [6.07, 6.45) is 6.21. The Morgan fingerprint density at radius 1 is 1.32 bits per heavy atom. The van der Waals surface area contributed by atoms with Crippen LogP contribution in [-0.2, 0) is 16.6 Å². The third kappa shape index (κ3) is 4.85. The maximum atomic E-state index is 11.1. The van der Waals surface area contributed by atoms with Crippen molar-refractivity contribution in [3.8, 4) is 0 Å². The fourth-order valence-corrected chi connectivity index (χ4v) is 3.79. The van der Waals surface area contributed by atoms with Crippen LogP contribution < -0.4 is 5.48 Å². The number of rotatable bonds is 6. The number of nitrogens with one attached hydrogen (secondary N) is 2. The summed E-state index contributed by atoms with van der Waals surface area (Å²) < 4.78 is 0. The summed E-state index contributed by atoms with van der Waals surface area (Å²) in [5.74, 6) is -0.534. The van der Waals surface area contributed by atoms with Gasteiger partial charge in [-0.1, -0.05) is 45.0 Å². The van der Waals surface area contributed by atoms with Gasteiger partial charge in [-0.15, -0.1) is 0 Å². The molecule has 150 valence electrons. The molecule has 3 rings (SSSR count). The summed E-state index contributed by atoms with van der Waals surface area (Å²) in [5.41, 5.74) is 5.90. The number of aromatic nitrogens is 3. The van der Waals surface area contributed by atoms with Crippen molar-refractivity contribution in [1.82, 2.24) is 25.8 Å². The number of hydrogen-bond acceptors (Lipinski definition) is 5. The number of carbonyl (C=O) groups excluding carboxylic acids is 1. The van der Waals surface area contributed by atoms with Gasteiger partial charge in [0.2, 0.25) is 0 Å². The van der Waals surface area contributed by atoms with Gasteiger partial charge in [0.1, 0.15) is 0 Å². The van der Waals surface area contributed by atoms with E-state index in [1.54, 1.807) is 11.6 Å². The maximum absolute atomic E-state index is 11.1. The van der Waals surface area contributed by atoms with Crippen molar-refractivity contribution in [3.63, 3.8) is 0 Å². The normalized spacial score (nSPS) is 18.1. The largest absolute Gasteiger partial charge is 0.296 e. The number of H-pyrrole nitrogens is 1. The van der Waals surface area contributed by atoms with Crippen molar-refractivity contribution in [1.29, 1.82) is 0 Å². The molecule has 1 amide bonds. The number of amides is 1. The van der Waals surface area contributed by atoms with Crippen molar-refractivity contribution < 1.29 is 10.0 Å². The van der Waals surface area contributed by atoms with Crippen LogP contribution in [0.4, 0.5) is 0 Å². The second-order valence-electron chi connectivity index (χ2n) is 8.29. The summed E-state index contributed by atoms with van der Waals surface area (Å²) in [6, 6.07) is 8.65. The number of benzene rings is 1. The van der Waals surface area contributed by atoms with E-state index in [0.717, 1.165) is 42.9 Å². The van der Waals surface area contributed by atoms with Gasteiger partial charge in [-0.25, -0.2) is 5.48 Å². The highest BCUT2D eigenvalue weighted by molar-refractivity contribution is 5.90. The Labute approximate surface area is 165 Å². The van der Waals surface area contributed by atoms with Crippen LogP contribution in [0.1, 0.15) is 62.2 Å². The molecule has 0 spiro atoms. The Balaban J connectivity index is 1.64. The predicted octanol–water partition coefficient (Wildman–Crippen LogP) is 3.00. The summed E-state index contributed by atoms with van der Waals surface area (Å²) in [4.78, 5) is 13.6. The molecule has 1 atom stereocenters. The van der Waals surface area contributed by atoms with Crippen LogP contribution in [0.3, 0.4) is 0 Å². The van der Waals surface area contributed by atoms with E-state index in [9.17, 15) is 4.79 Å². The molecule has 1 aromatic carbocycles. The summed E-state index contributed by atoms with van der Waals surface area (Å²) in [5, 5.41) is 20.1. The van der Waals surface area contributed by atoms with Crippen LogP contribution in [0, 0.1) is 0 Å². The quantitative estimate of drug-likeness (QED) is 0.405. The average molecular weight is 383 g/mol. The van der Waals surface area contributed by atoms with Gasteiger partial charge in [-0.2, -0.15) is 15.4 Å². The lowest BCUT2D eigenvalue weighted by Crippen LogP contribution is -2.26. The van der Waals surface area contributed by atoms with E-state index in [1.807, 2.05) is 12.1 Å². The van der Waals surface area contributed by atoms with Crippen molar-refractivity contribution in [3.05, 3.63) is 52.9 Å². The van der Waals surface area contributed by atoms with Crippen LogP contribution in [-0.4, -0.2) is 44.5 Å². The van der Waals surface area contributed by atoms with Gasteiger partial charge >= 0.3 is 0 Å². The summed E-state index contributed by atoms with van der Waals surface area (Å²) in [6.45, 7) is 8.53. The fraction of sp³-hybridized carbons (Fsp3) is 0.476. The van der Waals surface area contributed by atoms with Gasteiger partial charge in [0, 0.05) is 30.5 Å². The van der Waals surface area contributed by atoms with Gasteiger partial charge in [-0.05, 0) is 36.6 Å². The highest BCUT2D eigenvalue weighted by Gasteiger charge is 2.27. The van der Waals surface area contributed by atoms with Crippen LogP contribution in [0.5, 0.6) is 0 Å². The Bertz CT molecular complexity index is 820. The van der Waals surface area contributed by atoms with E-state index in [0.29, 0.717) is 6.04 Å². The fourth-order valence-electron chi connectivity index (χ4n) is 3.79. The monoisotopic (exact) mass is 383 g/mol. The average Bonchev–Trinajstić information content (AvgIpc) is 3.33. The minimum absolute atomic E-state index is 0.0109. The highest BCUT2D eigenvalue weighted by atomic mass is 16.5. The molecule has 2 heterocycles. The zero-order chi connectivity index (χ0) is 20.1. The van der Waals surface area contributed by atoms with E-state index in [4.69, 9.17) is 5.21 Å². The number of aromatic amines is 1. The van der Waals surface area contributed by atoms with Gasteiger partial charge in [0.25, 0.3) is 5.91 Å². The van der Waals surface area contributed by atoms with E-state index < -0.39 is 5.91 Å². The molecule has 0 saturated carbocycles. The van der Waals surface area contributed by atoms with Crippen molar-refractivity contribution >= 4 is 12.0 Å². The molecule has 2 aromatic rings. The van der Waals surface area contributed by atoms with Gasteiger partial charge < -0.3 is 0 Å². The molecule has 1 aromatic heterocycles. The SMILES string of the molecule is CC(C)(C)c1n[nH]nc1CCN1CCC[C@H]1c1ccc(/C=C/C(=O)NO)cc1. The molecule has 0 bridgehead atoms. The Morgan fingerprint density at radius 2 is 2.07 bits per heavy atom. The van der Waals surface area contributed by atoms with E-state index in [1.165, 1.54) is 18.1 Å². The third-order valence-electron chi connectivity index (χ3n) is 5.19. The third-order valence-corrected chi connectivity index (χ3v) is 5.19. The number of likely N-dealkylation sites (tertiary alicyclic amines) is 1. The Kier molecular flexibility index (Phi) is 6.26. The predicted molar refractivity (Wildman–Crippen MR) is 108 cm³/mol. The number of carbonyl (C=O) groups is 1. The second-order valence-corrected chi connectivity index (χ2v) is 8.29. The van der Waals surface area contributed by atoms with E-state index in [2.05, 4.69) is 53.2 Å². The zero-order valence-electron chi connectivity index (χ0n) is 16.8. The van der Waals surface area contributed by atoms with Gasteiger partial charge in [-0.3, -0.25) is 14.9 Å². The minimum Gasteiger partial charge on any atom is -0.296 e. The van der Waals surface area contributed by atoms with Crippen LogP contribution in [0.25, 0.3) is 6.08 Å². The van der Waals surface area contributed by atoms with Gasteiger partial charge in [0.05, 0.1) is 11.4 Å². The first-order chi connectivity index (χ1) is 13.4. The van der Waals surface area contributed by atoms with Gasteiger partial charge in [0.15, 0.2) is 0 Å². The van der Waals surface area contributed by atoms with Crippen molar-refractivity contribution in [2.75, 3.05) is 13.1 Å². The van der Waals surface area contributed by atoms with Crippen LogP contribution >= 0.6 is 0 Å². The molecule has 1 aliphatic heterocycles. The maximum Gasteiger partial charge on any atom is 0.267 e. The number of hydroxylamine groups is 1. The van der Waals surface area contributed by atoms with Crippen molar-refractivity contribution in [2.24, 2.45) is 0 Å². The first kappa shape index (κ1) is 20.2. The first-order valence-electron chi connectivity index (χ1n) is 9.75. The Morgan fingerprint density at radius 3 is 2.75 bits per heavy atom. The molecule has 28 heavy (non-hydrogen) atoms. The van der Waals surface area contributed by atoms with Crippen LogP contribution in [0.2, 0.25) is 0 Å². The standard InChI is InChI=1S/C21H29N5O2/c1-21(2,3)20-17(22-25-23-20)12-14-26-13-4-5-18(26)16-9-6-15(7-10-16)8-11-19(27)24-28/h6-11,18,28H,4-5,12-14H2,1-3H3,(H,24,27)(H,22,23,25)/b11-8+/t18-/m0/s1. The number of nitrogens with zero attached hydrogens (tertiary/aromatic N) is 3. The Hall–Kier alpha value is -2.51. The molecule has 3 N–H and O–H groups in total. The molecule has 0 aliphatic carbocycles. The van der Waals surface area contributed by atoms with E-state index >= 15 is 0 Å². The summed E-state index contributed by atoms with van der Waals surface area (Å²) in [7, 11) is 0. The lowest BCUT2D eigenvalue weighted by atomic mass is 9.90. The van der Waals surface area contributed by atoms with E-state index in [-0.39, 0.29) is 5.41 Å². The molecule has 0 unspecified atom stereocenters. The van der Waals surface area contributed by atoms with Crippen molar-refractivity contribution in [2.45, 2.75) is 51.5 Å². The lowest BCUT2D eigenvalue weighted by Gasteiger charge is -2.25. The molecule has 7 heteroatoms. The molecule has 7 nitrogen and oxygen atoms in total. The second kappa shape index (κ2) is 8.67. The topological polar surface area (TPSA) is 94.1 Å². The smallest absolute Gasteiger partial charge is 0.267 e. The molecular weight excluding hydrogens is 354 g/mol. The summed E-state index contributed by atoms with van der Waals surface area (Å²) >= 11 is 0. The first-order valence-corrected chi connectivity index (χ1v) is 9.75. The zero-order valence-corrected chi connectivity index (χ0v) is 16.8. The minimum atomic E-state index is -0.534. The molecular formula is C21H29N5O2. The molecule has 1 fully saturated rings. The van der Waals surface area contributed by atoms with Crippen LogP contribution in [0.15, 0.2) is 30.3 Å². The molecule has 1 aliphatic rings. The molecule has 0 radical (unpaired) electrons. The molecule has 1 saturated heterocycles. The lowest BCUT2D eigenvalue weighted by molar-refractivity contribution is -0.124. The number of hydrogen-bond donors (Lipinski definition) is 3.